The summed E-state index contributed by atoms with van der Waals surface area (Å²) in [5, 5.41) is 14.2. The number of methoxy groups -OCH3 is 1. The van der Waals surface area contributed by atoms with Crippen LogP contribution in [0.15, 0.2) is 36.4 Å². The number of anilines is 2. The Labute approximate surface area is 141 Å². The van der Waals surface area contributed by atoms with Gasteiger partial charge in [-0.15, -0.1) is 10.2 Å². The third kappa shape index (κ3) is 4.22. The SMILES string of the molecule is COc1cccc(CCNc2ccc(NC(=O)C3CCC3)nn2)c1. The van der Waals surface area contributed by atoms with Crippen molar-refractivity contribution >= 4 is 17.5 Å². The molecule has 1 amide bonds. The van der Waals surface area contributed by atoms with Crippen LogP contribution in [0, 0.1) is 5.92 Å². The molecule has 1 aliphatic rings. The van der Waals surface area contributed by atoms with Gasteiger partial charge in [-0.3, -0.25) is 4.79 Å². The number of nitrogens with one attached hydrogen (secondary N) is 2. The molecule has 0 aliphatic heterocycles. The Hall–Kier alpha value is -2.63. The molecule has 1 saturated carbocycles. The number of hydrogen-bond donors (Lipinski definition) is 2. The zero-order chi connectivity index (χ0) is 16.8. The molecule has 0 unspecified atom stereocenters. The second kappa shape index (κ2) is 7.77. The minimum absolute atomic E-state index is 0.0503. The smallest absolute Gasteiger partial charge is 0.228 e. The van der Waals surface area contributed by atoms with Gasteiger partial charge < -0.3 is 15.4 Å². The molecule has 0 spiro atoms. The van der Waals surface area contributed by atoms with Crippen LogP contribution >= 0.6 is 0 Å². The number of benzene rings is 1. The normalized spacial score (nSPS) is 13.9. The fourth-order valence-electron chi connectivity index (χ4n) is 2.55. The summed E-state index contributed by atoms with van der Waals surface area (Å²) in [7, 11) is 1.66. The molecule has 1 aliphatic carbocycles. The van der Waals surface area contributed by atoms with Crippen molar-refractivity contribution in [1.82, 2.24) is 10.2 Å². The van der Waals surface area contributed by atoms with Crippen molar-refractivity contribution in [2.75, 3.05) is 24.3 Å². The Morgan fingerprint density at radius 2 is 2.00 bits per heavy atom. The average molecular weight is 326 g/mol. The van der Waals surface area contributed by atoms with E-state index in [4.69, 9.17) is 4.74 Å². The topological polar surface area (TPSA) is 76.1 Å². The maximum absolute atomic E-state index is 11.9. The highest BCUT2D eigenvalue weighted by Crippen LogP contribution is 2.27. The number of ether oxygens (including phenoxy) is 1. The first-order chi connectivity index (χ1) is 11.7. The van der Waals surface area contributed by atoms with Crippen LogP contribution in [0.25, 0.3) is 0 Å². The molecule has 0 atom stereocenters. The van der Waals surface area contributed by atoms with Crippen LogP contribution < -0.4 is 15.4 Å². The van der Waals surface area contributed by atoms with Gasteiger partial charge in [0.1, 0.15) is 11.6 Å². The van der Waals surface area contributed by atoms with Crippen molar-refractivity contribution in [3.05, 3.63) is 42.0 Å². The Bertz CT molecular complexity index is 684. The largest absolute Gasteiger partial charge is 0.497 e. The summed E-state index contributed by atoms with van der Waals surface area (Å²) in [5.74, 6) is 2.25. The van der Waals surface area contributed by atoms with Gasteiger partial charge in [0.25, 0.3) is 0 Å². The molecule has 2 N–H and O–H groups in total. The predicted octanol–water partition coefficient (Wildman–Crippen LogP) is 2.88. The van der Waals surface area contributed by atoms with Gasteiger partial charge in [0.05, 0.1) is 7.11 Å². The molecule has 0 bridgehead atoms. The zero-order valence-corrected chi connectivity index (χ0v) is 13.8. The van der Waals surface area contributed by atoms with Crippen LogP contribution in [0.4, 0.5) is 11.6 Å². The minimum Gasteiger partial charge on any atom is -0.497 e. The van der Waals surface area contributed by atoms with Crippen molar-refractivity contribution in [3.8, 4) is 5.75 Å². The summed E-state index contributed by atoms with van der Waals surface area (Å²) in [5.41, 5.74) is 1.19. The fourth-order valence-corrected chi connectivity index (χ4v) is 2.55. The molecule has 1 heterocycles. The van der Waals surface area contributed by atoms with Crippen LogP contribution in [0.5, 0.6) is 5.75 Å². The van der Waals surface area contributed by atoms with Crippen molar-refractivity contribution in [2.24, 2.45) is 5.92 Å². The van der Waals surface area contributed by atoms with E-state index in [0.717, 1.165) is 38.0 Å². The Morgan fingerprint density at radius 1 is 1.21 bits per heavy atom. The molecule has 1 aromatic carbocycles. The Kier molecular flexibility index (Phi) is 5.25. The first kappa shape index (κ1) is 16.2. The second-order valence-electron chi connectivity index (χ2n) is 5.95. The van der Waals surface area contributed by atoms with Crippen LogP contribution in [-0.4, -0.2) is 29.8 Å². The zero-order valence-electron chi connectivity index (χ0n) is 13.8. The van der Waals surface area contributed by atoms with E-state index in [1.807, 2.05) is 24.3 Å². The summed E-state index contributed by atoms with van der Waals surface area (Å²) in [6, 6.07) is 11.6. The number of amides is 1. The lowest BCUT2D eigenvalue weighted by atomic mass is 9.85. The fraction of sp³-hybridized carbons (Fsp3) is 0.389. The highest BCUT2D eigenvalue weighted by molar-refractivity contribution is 5.92. The van der Waals surface area contributed by atoms with E-state index < -0.39 is 0 Å². The number of hydrogen-bond acceptors (Lipinski definition) is 5. The molecule has 1 aromatic heterocycles. The van der Waals surface area contributed by atoms with Crippen LogP contribution in [0.3, 0.4) is 0 Å². The lowest BCUT2D eigenvalue weighted by molar-refractivity contribution is -0.122. The van der Waals surface area contributed by atoms with Crippen LogP contribution in [0.1, 0.15) is 24.8 Å². The number of carbonyl (C=O) groups excluding carboxylic acids is 1. The van der Waals surface area contributed by atoms with E-state index in [9.17, 15) is 4.79 Å². The quantitative estimate of drug-likeness (QED) is 0.818. The number of carbonyl (C=O) groups is 1. The van der Waals surface area contributed by atoms with Crippen molar-refractivity contribution in [2.45, 2.75) is 25.7 Å². The molecule has 6 heteroatoms. The molecule has 3 rings (SSSR count). The standard InChI is InChI=1S/C18H22N4O2/c1-24-15-7-2-4-13(12-15)10-11-19-16-8-9-17(22-21-16)20-18(23)14-5-3-6-14/h2,4,7-9,12,14H,3,5-6,10-11H2,1H3,(H,19,21)(H,20,22,23). The van der Waals surface area contributed by atoms with Crippen LogP contribution in [0.2, 0.25) is 0 Å². The monoisotopic (exact) mass is 326 g/mol. The summed E-state index contributed by atoms with van der Waals surface area (Å²) in [4.78, 5) is 11.9. The summed E-state index contributed by atoms with van der Waals surface area (Å²) in [6.45, 7) is 0.746. The van der Waals surface area contributed by atoms with Crippen molar-refractivity contribution in [1.29, 1.82) is 0 Å². The summed E-state index contributed by atoms with van der Waals surface area (Å²) < 4.78 is 5.22. The van der Waals surface area contributed by atoms with Gasteiger partial charge in [-0.25, -0.2) is 0 Å². The Morgan fingerprint density at radius 3 is 2.67 bits per heavy atom. The summed E-state index contributed by atoms with van der Waals surface area (Å²) in [6.07, 6.45) is 3.95. The highest BCUT2D eigenvalue weighted by atomic mass is 16.5. The molecule has 126 valence electrons. The Balaban J connectivity index is 1.46. The second-order valence-corrected chi connectivity index (χ2v) is 5.95. The molecular formula is C18H22N4O2. The van der Waals surface area contributed by atoms with Crippen molar-refractivity contribution < 1.29 is 9.53 Å². The number of rotatable bonds is 7. The number of aromatic nitrogens is 2. The molecule has 0 saturated heterocycles. The third-order valence-corrected chi connectivity index (χ3v) is 4.25. The van der Waals surface area contributed by atoms with Gasteiger partial charge in [0, 0.05) is 12.5 Å². The first-order valence-electron chi connectivity index (χ1n) is 8.26. The molecule has 1 fully saturated rings. The van der Waals surface area contributed by atoms with Crippen molar-refractivity contribution in [3.63, 3.8) is 0 Å². The molecule has 6 nitrogen and oxygen atoms in total. The molecule has 2 aromatic rings. The lowest BCUT2D eigenvalue weighted by Crippen LogP contribution is -2.28. The average Bonchev–Trinajstić information content (AvgIpc) is 2.55. The maximum Gasteiger partial charge on any atom is 0.228 e. The molecule has 0 radical (unpaired) electrons. The summed E-state index contributed by atoms with van der Waals surface area (Å²) >= 11 is 0. The lowest BCUT2D eigenvalue weighted by Gasteiger charge is -2.23. The van der Waals surface area contributed by atoms with Gasteiger partial charge in [-0.2, -0.15) is 0 Å². The first-order valence-corrected chi connectivity index (χ1v) is 8.26. The molecule has 24 heavy (non-hydrogen) atoms. The van der Waals surface area contributed by atoms with E-state index >= 15 is 0 Å². The van der Waals surface area contributed by atoms with Crippen LogP contribution in [-0.2, 0) is 11.2 Å². The third-order valence-electron chi connectivity index (χ3n) is 4.25. The van der Waals surface area contributed by atoms with E-state index in [-0.39, 0.29) is 11.8 Å². The van der Waals surface area contributed by atoms with E-state index in [0.29, 0.717) is 11.6 Å². The minimum atomic E-state index is 0.0503. The van der Waals surface area contributed by atoms with Gasteiger partial charge >= 0.3 is 0 Å². The maximum atomic E-state index is 11.9. The van der Waals surface area contributed by atoms with E-state index in [1.165, 1.54) is 5.56 Å². The van der Waals surface area contributed by atoms with Gasteiger partial charge in [0.2, 0.25) is 5.91 Å². The van der Waals surface area contributed by atoms with E-state index in [2.05, 4.69) is 26.9 Å². The van der Waals surface area contributed by atoms with Gasteiger partial charge in [-0.05, 0) is 49.1 Å². The van der Waals surface area contributed by atoms with Gasteiger partial charge in [0.15, 0.2) is 5.82 Å². The van der Waals surface area contributed by atoms with Gasteiger partial charge in [-0.1, -0.05) is 18.6 Å². The van der Waals surface area contributed by atoms with E-state index in [1.54, 1.807) is 13.2 Å². The molecular weight excluding hydrogens is 304 g/mol. The highest BCUT2D eigenvalue weighted by Gasteiger charge is 2.25. The predicted molar refractivity (Wildman–Crippen MR) is 93.2 cm³/mol. The number of nitrogens with zero attached hydrogens (tertiary/aromatic N) is 2.